The summed E-state index contributed by atoms with van der Waals surface area (Å²) in [6.45, 7) is 5.57. The van der Waals surface area contributed by atoms with Crippen LogP contribution in [0.4, 0.5) is 5.69 Å². The Hall–Kier alpha value is -1.44. The van der Waals surface area contributed by atoms with Crippen LogP contribution in [0.2, 0.25) is 5.02 Å². The molecule has 5 heteroatoms. The van der Waals surface area contributed by atoms with Gasteiger partial charge in [-0.2, -0.15) is 0 Å². The van der Waals surface area contributed by atoms with Crippen molar-refractivity contribution in [3.8, 4) is 5.75 Å². The van der Waals surface area contributed by atoms with Gasteiger partial charge in [0.25, 0.3) is 0 Å². The molecule has 1 N–H and O–H groups in total. The molecule has 0 amide bonds. The highest BCUT2D eigenvalue weighted by molar-refractivity contribution is 7.60. The van der Waals surface area contributed by atoms with Gasteiger partial charge in [0.05, 0.1) is 0 Å². The van der Waals surface area contributed by atoms with Crippen molar-refractivity contribution < 1.29 is 9.09 Å². The number of halogens is 1. The van der Waals surface area contributed by atoms with Crippen LogP contribution in [0.1, 0.15) is 18.1 Å². The first-order valence-electron chi connectivity index (χ1n) is 6.80. The lowest BCUT2D eigenvalue weighted by molar-refractivity contribution is 0.493. The standard InChI is InChI=1S/C16H19ClNO2P/c1-4-13-6-9-15(10-7-13)20-21(3,19)18-16-11-14(17)8-5-12(16)2/h5-11H,4H2,1-3H3,(H,18,19)/t21-/m0/s1. The normalized spacial score (nSPS) is 13.5. The van der Waals surface area contributed by atoms with Crippen LogP contribution in [0.15, 0.2) is 42.5 Å². The number of hydrogen-bond donors (Lipinski definition) is 1. The lowest BCUT2D eigenvalue weighted by Crippen LogP contribution is -2.03. The third-order valence-corrected chi connectivity index (χ3v) is 4.58. The van der Waals surface area contributed by atoms with Gasteiger partial charge in [0.1, 0.15) is 5.75 Å². The molecule has 21 heavy (non-hydrogen) atoms. The van der Waals surface area contributed by atoms with E-state index in [9.17, 15) is 4.57 Å². The van der Waals surface area contributed by atoms with Gasteiger partial charge in [-0.15, -0.1) is 0 Å². The number of benzene rings is 2. The highest BCUT2D eigenvalue weighted by atomic mass is 35.5. The lowest BCUT2D eigenvalue weighted by Gasteiger charge is -2.19. The van der Waals surface area contributed by atoms with E-state index in [1.165, 1.54) is 5.56 Å². The summed E-state index contributed by atoms with van der Waals surface area (Å²) in [5.41, 5.74) is 2.90. The zero-order chi connectivity index (χ0) is 15.5. The van der Waals surface area contributed by atoms with E-state index >= 15 is 0 Å². The predicted octanol–water partition coefficient (Wildman–Crippen LogP) is 5.52. The van der Waals surface area contributed by atoms with Crippen LogP contribution in [0.3, 0.4) is 0 Å². The van der Waals surface area contributed by atoms with E-state index in [0.717, 1.165) is 17.7 Å². The Morgan fingerprint density at radius 2 is 1.86 bits per heavy atom. The fourth-order valence-corrected chi connectivity index (χ4v) is 3.36. The van der Waals surface area contributed by atoms with Gasteiger partial charge in [0, 0.05) is 17.4 Å². The largest absolute Gasteiger partial charge is 0.429 e. The van der Waals surface area contributed by atoms with E-state index in [1.54, 1.807) is 18.8 Å². The van der Waals surface area contributed by atoms with Crippen molar-refractivity contribution in [3.63, 3.8) is 0 Å². The monoisotopic (exact) mass is 323 g/mol. The number of nitrogens with one attached hydrogen (secondary N) is 1. The third kappa shape index (κ3) is 4.52. The zero-order valence-corrected chi connectivity index (χ0v) is 14.0. The third-order valence-electron chi connectivity index (χ3n) is 3.13. The number of anilines is 1. The topological polar surface area (TPSA) is 38.3 Å². The van der Waals surface area contributed by atoms with Gasteiger partial charge in [0.2, 0.25) is 0 Å². The Morgan fingerprint density at radius 3 is 2.48 bits per heavy atom. The molecule has 2 rings (SSSR count). The molecule has 112 valence electrons. The van der Waals surface area contributed by atoms with E-state index in [0.29, 0.717) is 10.8 Å². The molecule has 1 atom stereocenters. The first-order valence-corrected chi connectivity index (χ1v) is 9.25. The minimum Gasteiger partial charge on any atom is -0.429 e. The van der Waals surface area contributed by atoms with Crippen LogP contribution in [-0.4, -0.2) is 6.66 Å². The van der Waals surface area contributed by atoms with Crippen molar-refractivity contribution in [2.45, 2.75) is 20.3 Å². The molecule has 0 spiro atoms. The fraction of sp³-hybridized carbons (Fsp3) is 0.250. The van der Waals surface area contributed by atoms with Gasteiger partial charge < -0.3 is 9.61 Å². The minimum atomic E-state index is -3.02. The Morgan fingerprint density at radius 1 is 1.19 bits per heavy atom. The summed E-state index contributed by atoms with van der Waals surface area (Å²) in [4.78, 5) is 0. The van der Waals surface area contributed by atoms with E-state index in [2.05, 4.69) is 12.0 Å². The van der Waals surface area contributed by atoms with Crippen LogP contribution in [0.25, 0.3) is 0 Å². The van der Waals surface area contributed by atoms with E-state index in [4.69, 9.17) is 16.1 Å². The van der Waals surface area contributed by atoms with Crippen molar-refractivity contribution >= 4 is 24.8 Å². The van der Waals surface area contributed by atoms with Gasteiger partial charge >= 0.3 is 7.52 Å². The predicted molar refractivity (Wildman–Crippen MR) is 89.8 cm³/mol. The Labute approximate surface area is 130 Å². The first-order chi connectivity index (χ1) is 9.89. The zero-order valence-electron chi connectivity index (χ0n) is 12.4. The average molecular weight is 324 g/mol. The smallest absolute Gasteiger partial charge is 0.338 e. The molecule has 0 aliphatic rings. The lowest BCUT2D eigenvalue weighted by atomic mass is 10.2. The van der Waals surface area contributed by atoms with Crippen molar-refractivity contribution in [1.29, 1.82) is 0 Å². The van der Waals surface area contributed by atoms with Crippen LogP contribution in [-0.2, 0) is 11.0 Å². The van der Waals surface area contributed by atoms with E-state index in [1.807, 2.05) is 37.3 Å². The molecule has 0 aliphatic carbocycles. The van der Waals surface area contributed by atoms with Crippen molar-refractivity contribution in [2.24, 2.45) is 0 Å². The second kappa shape index (κ2) is 6.55. The molecule has 2 aromatic carbocycles. The maximum atomic E-state index is 12.6. The summed E-state index contributed by atoms with van der Waals surface area (Å²) in [5, 5.41) is 3.55. The van der Waals surface area contributed by atoms with Gasteiger partial charge in [-0.05, 0) is 48.7 Å². The molecule has 0 saturated carbocycles. The highest BCUT2D eigenvalue weighted by Gasteiger charge is 2.18. The Kier molecular flexibility index (Phi) is 4.97. The van der Waals surface area contributed by atoms with Gasteiger partial charge in [-0.1, -0.05) is 36.7 Å². The van der Waals surface area contributed by atoms with Gasteiger partial charge in [-0.25, -0.2) is 0 Å². The highest BCUT2D eigenvalue weighted by Crippen LogP contribution is 2.44. The number of hydrogen-bond acceptors (Lipinski definition) is 2. The molecule has 0 saturated heterocycles. The van der Waals surface area contributed by atoms with Crippen molar-refractivity contribution in [2.75, 3.05) is 11.8 Å². The molecule has 0 bridgehead atoms. The van der Waals surface area contributed by atoms with Gasteiger partial charge in [0.15, 0.2) is 0 Å². The summed E-state index contributed by atoms with van der Waals surface area (Å²) < 4.78 is 18.2. The second-order valence-corrected chi connectivity index (χ2v) is 7.54. The van der Waals surface area contributed by atoms with Crippen molar-refractivity contribution in [3.05, 3.63) is 58.6 Å². The van der Waals surface area contributed by atoms with Crippen molar-refractivity contribution in [1.82, 2.24) is 0 Å². The van der Waals surface area contributed by atoms with Crippen LogP contribution < -0.4 is 9.61 Å². The summed E-state index contributed by atoms with van der Waals surface area (Å²) in [6, 6.07) is 13.0. The SMILES string of the molecule is CCc1ccc(O[P@](C)(=O)Nc2cc(Cl)ccc2C)cc1. The quantitative estimate of drug-likeness (QED) is 0.736. The molecular weight excluding hydrogens is 305 g/mol. The van der Waals surface area contributed by atoms with Gasteiger partial charge in [-0.3, -0.25) is 4.57 Å². The molecule has 0 radical (unpaired) electrons. The fourth-order valence-electron chi connectivity index (χ4n) is 1.94. The Balaban J connectivity index is 2.14. The van der Waals surface area contributed by atoms with E-state index in [-0.39, 0.29) is 0 Å². The molecular formula is C16H19ClNO2P. The molecule has 0 fully saturated rings. The molecule has 3 nitrogen and oxygen atoms in total. The maximum Gasteiger partial charge on any atom is 0.338 e. The summed E-state index contributed by atoms with van der Waals surface area (Å²) in [5.74, 6) is 0.588. The number of aryl methyl sites for hydroxylation is 2. The van der Waals surface area contributed by atoms with Crippen LogP contribution in [0, 0.1) is 6.92 Å². The van der Waals surface area contributed by atoms with E-state index < -0.39 is 7.52 Å². The minimum absolute atomic E-state index is 0.588. The molecule has 2 aromatic rings. The molecule has 0 aromatic heterocycles. The summed E-state index contributed by atoms with van der Waals surface area (Å²) >= 11 is 5.97. The Bertz CT molecular complexity index is 670. The van der Waals surface area contributed by atoms with Crippen LogP contribution >= 0.6 is 19.1 Å². The second-order valence-electron chi connectivity index (χ2n) is 5.01. The summed E-state index contributed by atoms with van der Waals surface area (Å²) in [7, 11) is -3.02. The van der Waals surface area contributed by atoms with Crippen LogP contribution in [0.5, 0.6) is 5.75 Å². The first kappa shape index (κ1) is 15.9. The summed E-state index contributed by atoms with van der Waals surface area (Å²) in [6.07, 6.45) is 0.962. The number of rotatable bonds is 5. The molecule has 0 aliphatic heterocycles. The average Bonchev–Trinajstić information content (AvgIpc) is 2.43. The maximum absolute atomic E-state index is 12.6. The molecule has 0 heterocycles. The molecule has 0 unspecified atom stereocenters.